The van der Waals surface area contributed by atoms with E-state index in [1.54, 1.807) is 6.20 Å². The molecule has 28 heavy (non-hydrogen) atoms. The average molecular weight is 380 g/mol. The molecule has 0 bridgehead atoms. The Morgan fingerprint density at radius 1 is 1.14 bits per heavy atom. The highest BCUT2D eigenvalue weighted by atomic mass is 16.5. The molecule has 3 rings (SSSR count). The van der Waals surface area contributed by atoms with E-state index in [0.717, 1.165) is 29.3 Å². The van der Waals surface area contributed by atoms with Gasteiger partial charge in [0.15, 0.2) is 6.61 Å². The van der Waals surface area contributed by atoms with Crippen LogP contribution >= 0.6 is 0 Å². The van der Waals surface area contributed by atoms with Crippen LogP contribution in [0.1, 0.15) is 24.5 Å². The predicted octanol–water partition coefficient (Wildman–Crippen LogP) is 3.31. The van der Waals surface area contributed by atoms with E-state index in [1.165, 1.54) is 5.56 Å². The van der Waals surface area contributed by atoms with Crippen molar-refractivity contribution in [1.29, 1.82) is 0 Å². The number of carbonyl (C=O) groups is 2. The van der Waals surface area contributed by atoms with E-state index in [4.69, 9.17) is 4.74 Å². The largest absolute Gasteiger partial charge is 0.484 e. The third kappa shape index (κ3) is 4.91. The molecule has 0 fully saturated rings. The number of hydrogen-bond acceptors (Lipinski definition) is 3. The standard InChI is InChI=1S/C22H24N2O4/c1-2-5-15-8-10-17(11-9-15)28-14-21(25)24-20(22(26)27)12-16-13-23-19-7-4-3-6-18(16)19/h3-4,6-11,13,20,23H,2,5,12,14H2,1H3,(H,24,25)(H,26,27). The molecule has 0 aliphatic carbocycles. The molecule has 0 aliphatic rings. The molecule has 2 aromatic carbocycles. The van der Waals surface area contributed by atoms with E-state index in [1.807, 2.05) is 48.5 Å². The van der Waals surface area contributed by atoms with Gasteiger partial charge in [-0.2, -0.15) is 0 Å². The number of aromatic nitrogens is 1. The van der Waals surface area contributed by atoms with Crippen LogP contribution in [0.3, 0.4) is 0 Å². The average Bonchev–Trinajstić information content (AvgIpc) is 3.10. The number of hydrogen-bond donors (Lipinski definition) is 3. The summed E-state index contributed by atoms with van der Waals surface area (Å²) in [7, 11) is 0. The van der Waals surface area contributed by atoms with Gasteiger partial charge in [-0.25, -0.2) is 4.79 Å². The lowest BCUT2D eigenvalue weighted by atomic mass is 10.1. The second-order valence-corrected chi connectivity index (χ2v) is 6.70. The van der Waals surface area contributed by atoms with E-state index in [0.29, 0.717) is 5.75 Å². The normalized spacial score (nSPS) is 11.9. The van der Waals surface area contributed by atoms with Crippen LogP contribution in [0, 0.1) is 0 Å². The number of carboxylic acids is 1. The lowest BCUT2D eigenvalue weighted by Gasteiger charge is -2.15. The number of ether oxygens (including phenoxy) is 1. The fraction of sp³-hybridized carbons (Fsp3) is 0.273. The Hall–Kier alpha value is -3.28. The number of aryl methyl sites for hydroxylation is 1. The van der Waals surface area contributed by atoms with E-state index in [2.05, 4.69) is 17.2 Å². The Balaban J connectivity index is 1.57. The number of benzene rings is 2. The molecule has 1 amide bonds. The van der Waals surface area contributed by atoms with Crippen LogP contribution in [0.2, 0.25) is 0 Å². The Labute approximate surface area is 163 Å². The predicted molar refractivity (Wildman–Crippen MR) is 108 cm³/mol. The minimum Gasteiger partial charge on any atom is -0.484 e. The van der Waals surface area contributed by atoms with Crippen LogP contribution in [0.25, 0.3) is 10.9 Å². The molecule has 1 unspecified atom stereocenters. The van der Waals surface area contributed by atoms with Gasteiger partial charge in [0.05, 0.1) is 0 Å². The molecule has 146 valence electrons. The van der Waals surface area contributed by atoms with Crippen molar-refractivity contribution in [3.63, 3.8) is 0 Å². The zero-order valence-corrected chi connectivity index (χ0v) is 15.8. The summed E-state index contributed by atoms with van der Waals surface area (Å²) < 4.78 is 5.48. The number of para-hydroxylation sites is 1. The maximum Gasteiger partial charge on any atom is 0.326 e. The monoisotopic (exact) mass is 380 g/mol. The Bertz CT molecular complexity index is 947. The first-order valence-corrected chi connectivity index (χ1v) is 9.35. The van der Waals surface area contributed by atoms with Crippen molar-refractivity contribution in [2.24, 2.45) is 0 Å². The molecule has 3 N–H and O–H groups in total. The number of rotatable bonds is 9. The van der Waals surface area contributed by atoms with Crippen molar-refractivity contribution in [1.82, 2.24) is 10.3 Å². The molecule has 0 spiro atoms. The molecule has 1 atom stereocenters. The summed E-state index contributed by atoms with van der Waals surface area (Å²) >= 11 is 0. The van der Waals surface area contributed by atoms with Gasteiger partial charge < -0.3 is 20.1 Å². The van der Waals surface area contributed by atoms with Crippen molar-refractivity contribution in [2.45, 2.75) is 32.2 Å². The second kappa shape index (κ2) is 9.08. The Kier molecular flexibility index (Phi) is 6.32. The molecule has 1 heterocycles. The van der Waals surface area contributed by atoms with Crippen molar-refractivity contribution < 1.29 is 19.4 Å². The summed E-state index contributed by atoms with van der Waals surface area (Å²) in [6.45, 7) is 1.88. The molecule has 0 saturated carbocycles. The number of carboxylic acid groups (broad SMARTS) is 1. The number of amides is 1. The van der Waals surface area contributed by atoms with Crippen LogP contribution in [0.4, 0.5) is 0 Å². The minimum atomic E-state index is -1.08. The number of fused-ring (bicyclic) bond motifs is 1. The minimum absolute atomic E-state index is 0.191. The van der Waals surface area contributed by atoms with Gasteiger partial charge in [0.1, 0.15) is 11.8 Å². The molecule has 0 saturated heterocycles. The summed E-state index contributed by atoms with van der Waals surface area (Å²) in [6.07, 6.45) is 4.03. The number of nitrogens with one attached hydrogen (secondary N) is 2. The van der Waals surface area contributed by atoms with Crippen molar-refractivity contribution >= 4 is 22.8 Å². The highest BCUT2D eigenvalue weighted by molar-refractivity contribution is 5.87. The Morgan fingerprint density at radius 3 is 2.61 bits per heavy atom. The van der Waals surface area contributed by atoms with Crippen LogP contribution < -0.4 is 10.1 Å². The smallest absolute Gasteiger partial charge is 0.326 e. The van der Waals surface area contributed by atoms with E-state index in [-0.39, 0.29) is 13.0 Å². The van der Waals surface area contributed by atoms with Gasteiger partial charge in [0.25, 0.3) is 5.91 Å². The first-order chi connectivity index (χ1) is 13.6. The van der Waals surface area contributed by atoms with Crippen molar-refractivity contribution in [3.05, 3.63) is 65.9 Å². The second-order valence-electron chi connectivity index (χ2n) is 6.70. The third-order valence-corrected chi connectivity index (χ3v) is 4.56. The highest BCUT2D eigenvalue weighted by Crippen LogP contribution is 2.19. The molecular formula is C22H24N2O4. The summed E-state index contributed by atoms with van der Waals surface area (Å²) in [6, 6.07) is 14.2. The maximum atomic E-state index is 12.2. The van der Waals surface area contributed by atoms with Gasteiger partial charge in [-0.05, 0) is 35.7 Å². The van der Waals surface area contributed by atoms with E-state index < -0.39 is 17.9 Å². The van der Waals surface area contributed by atoms with Gasteiger partial charge in [-0.15, -0.1) is 0 Å². The molecule has 1 aromatic heterocycles. The van der Waals surface area contributed by atoms with Crippen LogP contribution in [0.15, 0.2) is 54.7 Å². The Morgan fingerprint density at radius 2 is 1.89 bits per heavy atom. The van der Waals surface area contributed by atoms with Crippen LogP contribution in [0.5, 0.6) is 5.75 Å². The maximum absolute atomic E-state index is 12.2. The van der Waals surface area contributed by atoms with Crippen molar-refractivity contribution in [2.75, 3.05) is 6.61 Å². The van der Waals surface area contributed by atoms with Gasteiger partial charge >= 0.3 is 5.97 Å². The molecule has 3 aromatic rings. The van der Waals surface area contributed by atoms with E-state index >= 15 is 0 Å². The molecule has 0 radical (unpaired) electrons. The topological polar surface area (TPSA) is 91.4 Å². The third-order valence-electron chi connectivity index (χ3n) is 4.56. The van der Waals surface area contributed by atoms with Gasteiger partial charge in [0, 0.05) is 23.5 Å². The first kappa shape index (κ1) is 19.5. The number of aromatic amines is 1. The molecule has 6 heteroatoms. The van der Waals surface area contributed by atoms with Gasteiger partial charge in [-0.1, -0.05) is 43.7 Å². The van der Waals surface area contributed by atoms with E-state index in [9.17, 15) is 14.7 Å². The molecule has 6 nitrogen and oxygen atoms in total. The highest BCUT2D eigenvalue weighted by Gasteiger charge is 2.22. The zero-order valence-electron chi connectivity index (χ0n) is 15.8. The molecular weight excluding hydrogens is 356 g/mol. The fourth-order valence-electron chi connectivity index (χ4n) is 3.15. The summed E-state index contributed by atoms with van der Waals surface area (Å²) in [5, 5.41) is 13.0. The lowest BCUT2D eigenvalue weighted by molar-refractivity contribution is -0.142. The first-order valence-electron chi connectivity index (χ1n) is 9.35. The summed E-state index contributed by atoms with van der Waals surface area (Å²) in [4.78, 5) is 26.9. The lowest BCUT2D eigenvalue weighted by Crippen LogP contribution is -2.44. The summed E-state index contributed by atoms with van der Waals surface area (Å²) in [5.41, 5.74) is 2.99. The number of H-pyrrole nitrogens is 1. The van der Waals surface area contributed by atoms with Crippen LogP contribution in [-0.2, 0) is 22.4 Å². The fourth-order valence-corrected chi connectivity index (χ4v) is 3.15. The number of carbonyl (C=O) groups excluding carboxylic acids is 1. The van der Waals surface area contributed by atoms with Crippen LogP contribution in [-0.4, -0.2) is 34.6 Å². The van der Waals surface area contributed by atoms with Gasteiger partial charge in [0.2, 0.25) is 0 Å². The quantitative estimate of drug-likeness (QED) is 0.531. The van der Waals surface area contributed by atoms with Crippen molar-refractivity contribution in [3.8, 4) is 5.75 Å². The zero-order chi connectivity index (χ0) is 19.9. The SMILES string of the molecule is CCCc1ccc(OCC(=O)NC(Cc2c[nH]c3ccccc23)C(=O)O)cc1. The summed E-state index contributed by atoms with van der Waals surface area (Å²) in [5.74, 6) is -0.967. The molecule has 0 aliphatic heterocycles. The van der Waals surface area contributed by atoms with Gasteiger partial charge in [-0.3, -0.25) is 4.79 Å². The number of aliphatic carboxylic acids is 1.